The number of ether oxygens (including phenoxy) is 1. The van der Waals surface area contributed by atoms with Crippen molar-refractivity contribution >= 4 is 18.3 Å². The number of rotatable bonds is 4. The van der Waals surface area contributed by atoms with Crippen molar-refractivity contribution in [3.05, 3.63) is 58.7 Å². The number of methoxy groups -OCH3 is 1. The van der Waals surface area contributed by atoms with Crippen LogP contribution < -0.4 is 15.4 Å². The number of hydrogen-bond acceptors (Lipinski definition) is 5. The molecule has 1 saturated carbocycles. The van der Waals surface area contributed by atoms with Crippen LogP contribution in [0.25, 0.3) is 0 Å². The van der Waals surface area contributed by atoms with E-state index < -0.39 is 5.66 Å². The van der Waals surface area contributed by atoms with Gasteiger partial charge in [0.1, 0.15) is 17.2 Å². The highest BCUT2D eigenvalue weighted by Crippen LogP contribution is 2.63. The number of carbonyl (C=O) groups is 1. The monoisotopic (exact) mass is 485 g/mol. The van der Waals surface area contributed by atoms with Crippen LogP contribution in [0.3, 0.4) is 0 Å². The predicted octanol–water partition coefficient (Wildman–Crippen LogP) is 4.01. The minimum Gasteiger partial charge on any atom is -0.508 e. The minimum absolute atomic E-state index is 0. The molecule has 3 aliphatic rings. The van der Waals surface area contributed by atoms with E-state index in [0.717, 1.165) is 56.8 Å². The standard InChI is InChI=1S/C27H35N3O3.ClH/c1-17-10-11-23(32)26-24(17)25-21(19-6-4-7-20(16-19)33-3)8-5-9-22(25)27(26,29-18(2)31)30-14-12-28-13-15-30;/h4,6-7,10-11,16,21-22,25,28,32H,5,8-9,12-15H2,1-3H3,(H,29,31);1H. The van der Waals surface area contributed by atoms with Gasteiger partial charge in [0.05, 0.1) is 7.11 Å². The maximum atomic E-state index is 12.7. The van der Waals surface area contributed by atoms with Crippen LogP contribution >= 0.6 is 12.4 Å². The highest BCUT2D eigenvalue weighted by Gasteiger charge is 2.60. The lowest BCUT2D eigenvalue weighted by Crippen LogP contribution is -2.64. The highest BCUT2D eigenvalue weighted by molar-refractivity contribution is 5.85. The van der Waals surface area contributed by atoms with E-state index in [0.29, 0.717) is 11.7 Å². The van der Waals surface area contributed by atoms with Gasteiger partial charge in [-0.15, -0.1) is 12.4 Å². The van der Waals surface area contributed by atoms with E-state index in [9.17, 15) is 9.90 Å². The van der Waals surface area contributed by atoms with Gasteiger partial charge in [-0.3, -0.25) is 9.69 Å². The third kappa shape index (κ3) is 3.86. The zero-order valence-electron chi connectivity index (χ0n) is 20.3. The molecule has 0 aromatic heterocycles. The van der Waals surface area contributed by atoms with Crippen molar-refractivity contribution in [2.75, 3.05) is 33.3 Å². The molecule has 0 radical (unpaired) electrons. The molecule has 2 fully saturated rings. The van der Waals surface area contributed by atoms with Crippen molar-refractivity contribution < 1.29 is 14.6 Å². The molecule has 2 aliphatic carbocycles. The third-order valence-electron chi connectivity index (χ3n) is 8.09. The predicted molar refractivity (Wildman–Crippen MR) is 136 cm³/mol. The summed E-state index contributed by atoms with van der Waals surface area (Å²) < 4.78 is 5.55. The lowest BCUT2D eigenvalue weighted by molar-refractivity contribution is -0.127. The van der Waals surface area contributed by atoms with Gasteiger partial charge in [-0.1, -0.05) is 24.6 Å². The molecule has 7 heteroatoms. The quantitative estimate of drug-likeness (QED) is 0.610. The average molecular weight is 486 g/mol. The Bertz CT molecular complexity index is 1060. The molecule has 2 aromatic carbocycles. The Morgan fingerprint density at radius 1 is 1.21 bits per heavy atom. The molecule has 6 nitrogen and oxygen atoms in total. The second-order valence-electron chi connectivity index (χ2n) is 9.82. The summed E-state index contributed by atoms with van der Waals surface area (Å²) in [6, 6.07) is 12.3. The summed E-state index contributed by atoms with van der Waals surface area (Å²) >= 11 is 0. The molecule has 1 saturated heterocycles. The smallest absolute Gasteiger partial charge is 0.218 e. The fraction of sp³-hybridized carbons (Fsp3) is 0.519. The summed E-state index contributed by atoms with van der Waals surface area (Å²) in [6.45, 7) is 7.17. The molecule has 34 heavy (non-hydrogen) atoms. The molecule has 4 atom stereocenters. The Labute approximate surface area is 208 Å². The third-order valence-corrected chi connectivity index (χ3v) is 8.09. The second-order valence-corrected chi connectivity index (χ2v) is 9.82. The number of fused-ring (bicyclic) bond motifs is 3. The van der Waals surface area contributed by atoms with Crippen LogP contribution in [0.15, 0.2) is 36.4 Å². The summed E-state index contributed by atoms with van der Waals surface area (Å²) in [4.78, 5) is 15.1. The Balaban J connectivity index is 0.00000274. The number of benzene rings is 2. The van der Waals surface area contributed by atoms with Gasteiger partial charge >= 0.3 is 0 Å². The van der Waals surface area contributed by atoms with Crippen LogP contribution in [0.1, 0.15) is 60.3 Å². The van der Waals surface area contributed by atoms with Gasteiger partial charge in [0.15, 0.2) is 0 Å². The molecule has 5 rings (SSSR count). The van der Waals surface area contributed by atoms with Gasteiger partial charge in [0.25, 0.3) is 0 Å². The van der Waals surface area contributed by atoms with Crippen molar-refractivity contribution in [3.63, 3.8) is 0 Å². The number of aromatic hydroxyl groups is 1. The van der Waals surface area contributed by atoms with Crippen molar-refractivity contribution in [1.82, 2.24) is 15.5 Å². The van der Waals surface area contributed by atoms with Gasteiger partial charge in [0.2, 0.25) is 5.91 Å². The van der Waals surface area contributed by atoms with E-state index in [2.05, 4.69) is 40.7 Å². The molecule has 2 aromatic rings. The molecule has 0 spiro atoms. The number of nitrogens with one attached hydrogen (secondary N) is 2. The van der Waals surface area contributed by atoms with Gasteiger partial charge in [-0.05, 0) is 66.5 Å². The molecule has 1 aliphatic heterocycles. The SMILES string of the molecule is COc1cccc(C2CCCC3C2c2c(C)ccc(O)c2C3(NC(C)=O)N2CCNCC2)c1.Cl. The first-order chi connectivity index (χ1) is 16.0. The zero-order valence-corrected chi connectivity index (χ0v) is 21.1. The number of hydrogen-bond donors (Lipinski definition) is 3. The first kappa shape index (κ1) is 24.8. The number of halogens is 1. The van der Waals surface area contributed by atoms with Gasteiger partial charge in [-0.2, -0.15) is 0 Å². The summed E-state index contributed by atoms with van der Waals surface area (Å²) in [7, 11) is 1.71. The van der Waals surface area contributed by atoms with E-state index in [1.165, 1.54) is 16.7 Å². The number of carbonyl (C=O) groups excluding carboxylic acids is 1. The number of nitrogens with zero attached hydrogens (tertiary/aromatic N) is 1. The Kier molecular flexibility index (Phi) is 7.13. The first-order valence-electron chi connectivity index (χ1n) is 12.2. The number of piperazine rings is 1. The minimum atomic E-state index is -0.693. The normalized spacial score (nSPS) is 28.4. The van der Waals surface area contributed by atoms with Crippen molar-refractivity contribution in [2.24, 2.45) is 5.92 Å². The topological polar surface area (TPSA) is 73.8 Å². The summed E-state index contributed by atoms with van der Waals surface area (Å²) in [6.07, 6.45) is 3.19. The number of amides is 1. The van der Waals surface area contributed by atoms with E-state index in [-0.39, 0.29) is 30.2 Å². The lowest BCUT2D eigenvalue weighted by Gasteiger charge is -2.50. The summed E-state index contributed by atoms with van der Waals surface area (Å²) in [5.41, 5.74) is 3.91. The van der Waals surface area contributed by atoms with E-state index in [1.807, 2.05) is 18.2 Å². The van der Waals surface area contributed by atoms with Crippen LogP contribution in [0.4, 0.5) is 0 Å². The molecule has 3 N–H and O–H groups in total. The first-order valence-corrected chi connectivity index (χ1v) is 12.2. The van der Waals surface area contributed by atoms with E-state index in [4.69, 9.17) is 4.74 Å². The Morgan fingerprint density at radius 2 is 1.97 bits per heavy atom. The van der Waals surface area contributed by atoms with Crippen LogP contribution in [0.5, 0.6) is 11.5 Å². The Morgan fingerprint density at radius 3 is 2.68 bits per heavy atom. The van der Waals surface area contributed by atoms with Gasteiger partial charge in [-0.25, -0.2) is 0 Å². The van der Waals surface area contributed by atoms with Crippen LogP contribution in [-0.4, -0.2) is 49.2 Å². The summed E-state index contributed by atoms with van der Waals surface area (Å²) in [5, 5.41) is 18.2. The fourth-order valence-corrected chi connectivity index (χ4v) is 6.95. The van der Waals surface area contributed by atoms with Crippen molar-refractivity contribution in [2.45, 2.75) is 50.6 Å². The summed E-state index contributed by atoms with van der Waals surface area (Å²) in [5.74, 6) is 1.82. The van der Waals surface area contributed by atoms with Crippen LogP contribution in [-0.2, 0) is 10.5 Å². The number of aryl methyl sites for hydroxylation is 1. The van der Waals surface area contributed by atoms with Crippen LogP contribution in [0, 0.1) is 12.8 Å². The van der Waals surface area contributed by atoms with Crippen molar-refractivity contribution in [3.8, 4) is 11.5 Å². The highest BCUT2D eigenvalue weighted by atomic mass is 35.5. The average Bonchev–Trinajstić information content (AvgIpc) is 3.14. The van der Waals surface area contributed by atoms with Crippen molar-refractivity contribution in [1.29, 1.82) is 0 Å². The molecule has 1 amide bonds. The molecular weight excluding hydrogens is 450 g/mol. The van der Waals surface area contributed by atoms with Gasteiger partial charge in [0, 0.05) is 44.6 Å². The van der Waals surface area contributed by atoms with Crippen LogP contribution in [0.2, 0.25) is 0 Å². The fourth-order valence-electron chi connectivity index (χ4n) is 6.95. The van der Waals surface area contributed by atoms with Gasteiger partial charge < -0.3 is 20.5 Å². The zero-order chi connectivity index (χ0) is 23.2. The maximum Gasteiger partial charge on any atom is 0.218 e. The van der Waals surface area contributed by atoms with E-state index >= 15 is 0 Å². The largest absolute Gasteiger partial charge is 0.508 e. The number of phenols is 1. The maximum absolute atomic E-state index is 12.7. The second kappa shape index (κ2) is 9.76. The Hall–Kier alpha value is -2.28. The molecule has 4 unspecified atom stereocenters. The molecule has 184 valence electrons. The molecule has 0 bridgehead atoms. The molecular formula is C27H36ClN3O3. The molecule has 1 heterocycles. The van der Waals surface area contributed by atoms with E-state index in [1.54, 1.807) is 14.0 Å². The lowest BCUT2D eigenvalue weighted by atomic mass is 9.66. The number of phenolic OH excluding ortho intramolecular Hbond substituents is 1.